The van der Waals surface area contributed by atoms with Gasteiger partial charge in [-0.1, -0.05) is 11.6 Å². The van der Waals surface area contributed by atoms with Crippen molar-refractivity contribution in [3.63, 3.8) is 0 Å². The molecular weight excluding hydrogens is 282 g/mol. The van der Waals surface area contributed by atoms with E-state index in [9.17, 15) is 4.79 Å². The van der Waals surface area contributed by atoms with Gasteiger partial charge in [0, 0.05) is 6.20 Å². The average Bonchev–Trinajstić information content (AvgIpc) is 2.77. The molecule has 3 N–H and O–H groups in total. The number of aromatic nitrogens is 3. The van der Waals surface area contributed by atoms with E-state index in [0.717, 1.165) is 0 Å². The third-order valence-electron chi connectivity index (χ3n) is 2.80. The number of rotatable bonds is 3. The van der Waals surface area contributed by atoms with E-state index in [1.54, 1.807) is 30.5 Å². The lowest BCUT2D eigenvalue weighted by Gasteiger charge is -2.06. The van der Waals surface area contributed by atoms with Gasteiger partial charge >= 0.3 is 5.76 Å². The third kappa shape index (κ3) is 2.13. The summed E-state index contributed by atoms with van der Waals surface area (Å²) in [7, 11) is 0. The molecule has 0 spiro atoms. The summed E-state index contributed by atoms with van der Waals surface area (Å²) in [6, 6.07) is 6.66. The van der Waals surface area contributed by atoms with Gasteiger partial charge in [0.1, 0.15) is 5.82 Å². The van der Waals surface area contributed by atoms with Crippen LogP contribution in [0.15, 0.2) is 39.7 Å². The number of nitrogens with zero attached hydrogens (tertiary/aromatic N) is 3. The molecule has 0 radical (unpaired) electrons. The average molecular weight is 292 g/mol. The van der Waals surface area contributed by atoms with Gasteiger partial charge in [-0.25, -0.2) is 20.6 Å². The zero-order valence-electron chi connectivity index (χ0n) is 10.2. The van der Waals surface area contributed by atoms with Gasteiger partial charge in [0.25, 0.3) is 0 Å². The third-order valence-corrected chi connectivity index (χ3v) is 3.14. The van der Waals surface area contributed by atoms with Crippen molar-refractivity contribution in [3.05, 3.63) is 51.7 Å². The zero-order valence-corrected chi connectivity index (χ0v) is 11.0. The van der Waals surface area contributed by atoms with Crippen LogP contribution in [0.3, 0.4) is 0 Å². The number of nitrogens with two attached hydrogens (primary N) is 1. The number of fused-ring (bicyclic) bond motifs is 1. The van der Waals surface area contributed by atoms with Crippen LogP contribution in [0.1, 0.15) is 5.69 Å². The quantitative estimate of drug-likeness (QED) is 0.558. The lowest BCUT2D eigenvalue weighted by Crippen LogP contribution is -2.17. The second-order valence-corrected chi connectivity index (χ2v) is 4.46. The first-order chi connectivity index (χ1) is 9.69. The summed E-state index contributed by atoms with van der Waals surface area (Å²) in [5.74, 6) is 5.25. The van der Waals surface area contributed by atoms with Crippen LogP contribution in [-0.4, -0.2) is 14.5 Å². The lowest BCUT2D eigenvalue weighted by molar-refractivity contribution is 0.516. The van der Waals surface area contributed by atoms with Crippen molar-refractivity contribution in [2.75, 3.05) is 5.43 Å². The minimum absolute atomic E-state index is 0.150. The molecule has 0 saturated heterocycles. The van der Waals surface area contributed by atoms with Gasteiger partial charge in [0.2, 0.25) is 0 Å². The SMILES string of the molecule is NNc1ccc(Cl)c(Cn2c(=O)oc3cccnc32)n1. The Hall–Kier alpha value is -2.38. The summed E-state index contributed by atoms with van der Waals surface area (Å²) in [5.41, 5.74) is 3.79. The summed E-state index contributed by atoms with van der Waals surface area (Å²) in [4.78, 5) is 20.2. The molecule has 0 unspecified atom stereocenters. The van der Waals surface area contributed by atoms with E-state index >= 15 is 0 Å². The number of oxazole rings is 1. The van der Waals surface area contributed by atoms with Crippen molar-refractivity contribution in [1.29, 1.82) is 0 Å². The van der Waals surface area contributed by atoms with E-state index < -0.39 is 5.76 Å². The monoisotopic (exact) mass is 291 g/mol. The highest BCUT2D eigenvalue weighted by molar-refractivity contribution is 6.31. The van der Waals surface area contributed by atoms with Gasteiger partial charge in [0.15, 0.2) is 11.2 Å². The molecule has 20 heavy (non-hydrogen) atoms. The van der Waals surface area contributed by atoms with E-state index in [-0.39, 0.29) is 6.54 Å². The fourth-order valence-corrected chi connectivity index (χ4v) is 2.03. The molecule has 0 aliphatic carbocycles. The summed E-state index contributed by atoms with van der Waals surface area (Å²) < 4.78 is 6.47. The van der Waals surface area contributed by atoms with Gasteiger partial charge < -0.3 is 9.84 Å². The Morgan fingerprint density at radius 3 is 3.05 bits per heavy atom. The van der Waals surface area contributed by atoms with Crippen molar-refractivity contribution in [2.45, 2.75) is 6.54 Å². The van der Waals surface area contributed by atoms with E-state index in [0.29, 0.717) is 27.8 Å². The number of hydrogen-bond donors (Lipinski definition) is 2. The van der Waals surface area contributed by atoms with Crippen molar-refractivity contribution in [1.82, 2.24) is 14.5 Å². The number of halogens is 1. The van der Waals surface area contributed by atoms with Gasteiger partial charge in [-0.15, -0.1) is 0 Å². The Labute approximate surface area is 118 Å². The van der Waals surface area contributed by atoms with Gasteiger partial charge in [0.05, 0.1) is 17.3 Å². The number of anilines is 1. The Balaban J connectivity index is 2.09. The molecular formula is C12H10ClN5O2. The predicted octanol–water partition coefficient (Wildman–Crippen LogP) is 1.37. The molecule has 0 bridgehead atoms. The fraction of sp³-hybridized carbons (Fsp3) is 0.0833. The highest BCUT2D eigenvalue weighted by atomic mass is 35.5. The van der Waals surface area contributed by atoms with Crippen LogP contribution in [0.5, 0.6) is 0 Å². The molecule has 0 atom stereocenters. The van der Waals surface area contributed by atoms with Crippen LogP contribution in [0.25, 0.3) is 11.2 Å². The minimum Gasteiger partial charge on any atom is -0.406 e. The molecule has 0 aliphatic heterocycles. The molecule has 8 heteroatoms. The molecule has 3 aromatic heterocycles. The highest BCUT2D eigenvalue weighted by Gasteiger charge is 2.13. The molecule has 0 saturated carbocycles. The summed E-state index contributed by atoms with van der Waals surface area (Å²) >= 11 is 6.08. The first-order valence-electron chi connectivity index (χ1n) is 5.75. The number of hydrazine groups is 1. The molecule has 3 heterocycles. The fourth-order valence-electron chi connectivity index (χ4n) is 1.87. The molecule has 0 aromatic carbocycles. The molecule has 0 amide bonds. The summed E-state index contributed by atoms with van der Waals surface area (Å²) in [6.45, 7) is 0.150. The molecule has 0 fully saturated rings. The second-order valence-electron chi connectivity index (χ2n) is 4.05. The Morgan fingerprint density at radius 2 is 2.25 bits per heavy atom. The van der Waals surface area contributed by atoms with Crippen molar-refractivity contribution in [3.8, 4) is 0 Å². The topological polar surface area (TPSA) is 99.0 Å². The van der Waals surface area contributed by atoms with Crippen molar-refractivity contribution >= 4 is 28.6 Å². The van der Waals surface area contributed by atoms with E-state index in [2.05, 4.69) is 15.4 Å². The van der Waals surface area contributed by atoms with Crippen LogP contribution >= 0.6 is 11.6 Å². The van der Waals surface area contributed by atoms with Gasteiger partial charge in [-0.05, 0) is 24.3 Å². The molecule has 102 valence electrons. The van der Waals surface area contributed by atoms with Crippen LogP contribution < -0.4 is 17.0 Å². The van der Waals surface area contributed by atoms with Gasteiger partial charge in [-0.2, -0.15) is 0 Å². The second kappa shape index (κ2) is 4.95. The maximum absolute atomic E-state index is 11.9. The molecule has 3 aromatic rings. The Morgan fingerprint density at radius 1 is 1.40 bits per heavy atom. The Kier molecular flexibility index (Phi) is 3.13. The number of nitrogens with one attached hydrogen (secondary N) is 1. The highest BCUT2D eigenvalue weighted by Crippen LogP contribution is 2.18. The summed E-state index contributed by atoms with van der Waals surface area (Å²) in [5, 5.41) is 0.432. The van der Waals surface area contributed by atoms with Crippen LogP contribution in [0.4, 0.5) is 5.82 Å². The number of hydrogen-bond acceptors (Lipinski definition) is 6. The molecule has 3 rings (SSSR count). The van der Waals surface area contributed by atoms with E-state index in [4.69, 9.17) is 21.9 Å². The van der Waals surface area contributed by atoms with E-state index in [1.807, 2.05) is 0 Å². The minimum atomic E-state index is -0.511. The smallest absolute Gasteiger partial charge is 0.406 e. The van der Waals surface area contributed by atoms with Crippen LogP contribution in [0, 0.1) is 0 Å². The number of nitrogen functional groups attached to an aromatic ring is 1. The van der Waals surface area contributed by atoms with Gasteiger partial charge in [-0.3, -0.25) is 4.57 Å². The standard InChI is InChI=1S/C12H10ClN5O2/c13-7-3-4-10(17-14)16-8(7)6-18-11-9(20-12(18)19)2-1-5-15-11/h1-5H,6,14H2,(H,16,17). The Bertz CT molecular complexity index is 826. The lowest BCUT2D eigenvalue weighted by atomic mass is 10.3. The van der Waals surface area contributed by atoms with E-state index in [1.165, 1.54) is 4.57 Å². The molecule has 0 aliphatic rings. The van der Waals surface area contributed by atoms with Crippen LogP contribution in [0.2, 0.25) is 5.02 Å². The molecule has 7 nitrogen and oxygen atoms in total. The first-order valence-corrected chi connectivity index (χ1v) is 6.13. The maximum atomic E-state index is 11.9. The zero-order chi connectivity index (χ0) is 14.1. The predicted molar refractivity (Wildman–Crippen MR) is 74.4 cm³/mol. The number of pyridine rings is 2. The van der Waals surface area contributed by atoms with Crippen LogP contribution in [-0.2, 0) is 6.54 Å². The van der Waals surface area contributed by atoms with Crippen molar-refractivity contribution in [2.24, 2.45) is 5.84 Å². The van der Waals surface area contributed by atoms with Crippen molar-refractivity contribution < 1.29 is 4.42 Å². The maximum Gasteiger partial charge on any atom is 0.421 e. The summed E-state index contributed by atoms with van der Waals surface area (Å²) in [6.07, 6.45) is 1.58. The largest absolute Gasteiger partial charge is 0.421 e. The first kappa shape index (κ1) is 12.6. The normalized spacial score (nSPS) is 10.9.